The normalized spacial score (nSPS) is 10.8. The molecular formula is C21H22O4S. The van der Waals surface area contributed by atoms with E-state index in [1.165, 1.54) is 11.8 Å². The van der Waals surface area contributed by atoms with Crippen molar-refractivity contribution < 1.29 is 13.9 Å². The average Bonchev–Trinajstić information content (AvgIpc) is 2.66. The Balaban J connectivity index is 2.04. The maximum atomic E-state index is 12.4. The van der Waals surface area contributed by atoms with Gasteiger partial charge in [0.05, 0.1) is 23.5 Å². The molecule has 0 saturated heterocycles. The van der Waals surface area contributed by atoms with E-state index in [1.807, 2.05) is 49.4 Å². The van der Waals surface area contributed by atoms with E-state index in [9.17, 15) is 4.79 Å². The highest BCUT2D eigenvalue weighted by molar-refractivity contribution is 7.99. The van der Waals surface area contributed by atoms with E-state index in [4.69, 9.17) is 13.9 Å². The van der Waals surface area contributed by atoms with E-state index in [2.05, 4.69) is 6.92 Å². The third-order valence-corrected chi connectivity index (χ3v) is 4.67. The molecule has 3 aromatic rings. The van der Waals surface area contributed by atoms with E-state index in [0.29, 0.717) is 35.2 Å². The van der Waals surface area contributed by atoms with Crippen LogP contribution in [0.2, 0.25) is 0 Å². The molecule has 0 amide bonds. The average molecular weight is 370 g/mol. The highest BCUT2D eigenvalue weighted by atomic mass is 32.2. The largest absolute Gasteiger partial charge is 0.493 e. The molecule has 26 heavy (non-hydrogen) atoms. The lowest BCUT2D eigenvalue weighted by atomic mass is 10.2. The van der Waals surface area contributed by atoms with Gasteiger partial charge >= 0.3 is 5.63 Å². The van der Waals surface area contributed by atoms with Crippen LogP contribution in [0.25, 0.3) is 11.0 Å². The summed E-state index contributed by atoms with van der Waals surface area (Å²) in [6.45, 7) is 5.29. The lowest BCUT2D eigenvalue weighted by molar-refractivity contribution is 0.303. The molecule has 0 radical (unpaired) electrons. The van der Waals surface area contributed by atoms with Gasteiger partial charge in [0.1, 0.15) is 17.1 Å². The van der Waals surface area contributed by atoms with E-state index in [1.54, 1.807) is 6.07 Å². The van der Waals surface area contributed by atoms with Crippen LogP contribution < -0.4 is 15.1 Å². The maximum Gasteiger partial charge on any atom is 0.350 e. The highest BCUT2D eigenvalue weighted by Gasteiger charge is 2.13. The van der Waals surface area contributed by atoms with Crippen molar-refractivity contribution >= 4 is 22.7 Å². The number of fused-ring (bicyclic) bond motifs is 1. The summed E-state index contributed by atoms with van der Waals surface area (Å²) in [7, 11) is 0. The minimum absolute atomic E-state index is 0.361. The molecular weight excluding hydrogens is 348 g/mol. The minimum Gasteiger partial charge on any atom is -0.493 e. The zero-order valence-corrected chi connectivity index (χ0v) is 15.8. The summed E-state index contributed by atoms with van der Waals surface area (Å²) in [5.74, 6) is 1.33. The molecule has 0 unspecified atom stereocenters. The molecule has 0 fully saturated rings. The van der Waals surface area contributed by atoms with E-state index < -0.39 is 0 Å². The van der Waals surface area contributed by atoms with Crippen molar-refractivity contribution in [2.24, 2.45) is 0 Å². The standard InChI is InChI=1S/C21H22O4S/c1-3-10-23-15-12-18(24-11-4-2)17-14-20(21(22)25-19(17)13-15)26-16-8-6-5-7-9-16/h5-9,12-14H,3-4,10-11H2,1-2H3. The van der Waals surface area contributed by atoms with Gasteiger partial charge in [-0.15, -0.1) is 0 Å². The van der Waals surface area contributed by atoms with Gasteiger partial charge < -0.3 is 13.9 Å². The Morgan fingerprint density at radius 3 is 2.42 bits per heavy atom. The van der Waals surface area contributed by atoms with Gasteiger partial charge in [0.15, 0.2) is 0 Å². The van der Waals surface area contributed by atoms with Crippen molar-refractivity contribution in [2.75, 3.05) is 13.2 Å². The molecule has 1 heterocycles. The van der Waals surface area contributed by atoms with Gasteiger partial charge in [-0.1, -0.05) is 43.8 Å². The summed E-state index contributed by atoms with van der Waals surface area (Å²) >= 11 is 1.39. The van der Waals surface area contributed by atoms with Crippen LogP contribution in [0, 0.1) is 0 Å². The Kier molecular flexibility index (Phi) is 6.23. The highest BCUT2D eigenvalue weighted by Crippen LogP contribution is 2.34. The van der Waals surface area contributed by atoms with Crippen molar-refractivity contribution in [2.45, 2.75) is 36.5 Å². The van der Waals surface area contributed by atoms with Crippen molar-refractivity contribution in [1.29, 1.82) is 0 Å². The van der Waals surface area contributed by atoms with Crippen LogP contribution in [-0.2, 0) is 0 Å². The van der Waals surface area contributed by atoms with Crippen LogP contribution in [0.3, 0.4) is 0 Å². The molecule has 0 bridgehead atoms. The fourth-order valence-electron chi connectivity index (χ4n) is 2.47. The molecule has 0 saturated carbocycles. The lowest BCUT2D eigenvalue weighted by Gasteiger charge is -2.12. The molecule has 0 N–H and O–H groups in total. The van der Waals surface area contributed by atoms with Gasteiger partial charge in [-0.2, -0.15) is 0 Å². The second kappa shape index (κ2) is 8.81. The predicted molar refractivity (Wildman–Crippen MR) is 105 cm³/mol. The van der Waals surface area contributed by atoms with E-state index >= 15 is 0 Å². The second-order valence-corrected chi connectivity index (χ2v) is 6.96. The Labute approximate surface area is 157 Å². The molecule has 2 aromatic carbocycles. The molecule has 0 atom stereocenters. The molecule has 3 rings (SSSR count). The van der Waals surface area contributed by atoms with Gasteiger partial charge in [-0.3, -0.25) is 0 Å². The zero-order valence-electron chi connectivity index (χ0n) is 15.0. The zero-order chi connectivity index (χ0) is 18.4. The van der Waals surface area contributed by atoms with Gasteiger partial charge in [-0.05, 0) is 31.0 Å². The third kappa shape index (κ3) is 4.41. The van der Waals surface area contributed by atoms with Crippen LogP contribution in [-0.4, -0.2) is 13.2 Å². The number of benzene rings is 2. The van der Waals surface area contributed by atoms with Gasteiger partial charge in [-0.25, -0.2) is 4.79 Å². The topological polar surface area (TPSA) is 48.7 Å². The molecule has 136 valence electrons. The number of rotatable bonds is 8. The van der Waals surface area contributed by atoms with E-state index in [0.717, 1.165) is 23.1 Å². The fourth-order valence-corrected chi connectivity index (χ4v) is 3.31. The van der Waals surface area contributed by atoms with Crippen molar-refractivity contribution in [1.82, 2.24) is 0 Å². The van der Waals surface area contributed by atoms with Crippen LogP contribution in [0.4, 0.5) is 0 Å². The van der Waals surface area contributed by atoms with Crippen LogP contribution in [0.1, 0.15) is 26.7 Å². The first-order valence-electron chi connectivity index (χ1n) is 8.81. The van der Waals surface area contributed by atoms with Crippen molar-refractivity contribution in [3.63, 3.8) is 0 Å². The van der Waals surface area contributed by atoms with Gasteiger partial charge in [0.2, 0.25) is 0 Å². The van der Waals surface area contributed by atoms with Gasteiger partial charge in [0, 0.05) is 17.0 Å². The summed E-state index contributed by atoms with van der Waals surface area (Å²) in [4.78, 5) is 13.9. The molecule has 1 aromatic heterocycles. The molecule has 0 aliphatic carbocycles. The van der Waals surface area contributed by atoms with Crippen molar-refractivity contribution in [3.8, 4) is 11.5 Å². The van der Waals surface area contributed by atoms with Crippen LogP contribution >= 0.6 is 11.8 Å². The first kappa shape index (κ1) is 18.4. The quantitative estimate of drug-likeness (QED) is 0.489. The number of hydrogen-bond donors (Lipinski definition) is 0. The van der Waals surface area contributed by atoms with Gasteiger partial charge in [0.25, 0.3) is 0 Å². The first-order chi connectivity index (χ1) is 12.7. The first-order valence-corrected chi connectivity index (χ1v) is 9.63. The Bertz CT molecular complexity index is 918. The Morgan fingerprint density at radius 2 is 1.69 bits per heavy atom. The number of hydrogen-bond acceptors (Lipinski definition) is 5. The summed E-state index contributed by atoms with van der Waals surface area (Å²) in [6.07, 6.45) is 1.80. The Hall–Kier alpha value is -2.40. The SMILES string of the molecule is CCCOc1cc(OCCC)c2cc(Sc3ccccc3)c(=O)oc2c1. The fraction of sp³-hybridized carbons (Fsp3) is 0.286. The number of ether oxygens (including phenoxy) is 2. The molecule has 5 heteroatoms. The monoisotopic (exact) mass is 370 g/mol. The predicted octanol–water partition coefficient (Wildman–Crippen LogP) is 5.52. The summed E-state index contributed by atoms with van der Waals surface area (Å²) in [5.41, 5.74) is 0.118. The molecule has 0 spiro atoms. The third-order valence-electron chi connectivity index (χ3n) is 3.66. The van der Waals surface area contributed by atoms with Crippen LogP contribution in [0.15, 0.2) is 67.5 Å². The maximum absolute atomic E-state index is 12.4. The summed E-state index contributed by atoms with van der Waals surface area (Å²) in [6, 6.07) is 15.2. The minimum atomic E-state index is -0.361. The summed E-state index contributed by atoms with van der Waals surface area (Å²) in [5, 5.41) is 0.778. The molecule has 4 nitrogen and oxygen atoms in total. The van der Waals surface area contributed by atoms with E-state index in [-0.39, 0.29) is 5.63 Å². The van der Waals surface area contributed by atoms with Crippen molar-refractivity contribution in [3.05, 3.63) is 59.0 Å². The second-order valence-electron chi connectivity index (χ2n) is 5.84. The molecule has 0 aliphatic rings. The Morgan fingerprint density at radius 1 is 0.962 bits per heavy atom. The van der Waals surface area contributed by atoms with Crippen LogP contribution in [0.5, 0.6) is 11.5 Å². The smallest absolute Gasteiger partial charge is 0.350 e. The molecule has 0 aliphatic heterocycles. The summed E-state index contributed by atoms with van der Waals surface area (Å²) < 4.78 is 17.2. The lowest BCUT2D eigenvalue weighted by Crippen LogP contribution is -2.04.